The van der Waals surface area contributed by atoms with Crippen LogP contribution in [0.2, 0.25) is 0 Å². The first kappa shape index (κ1) is 20.4. The summed E-state index contributed by atoms with van der Waals surface area (Å²) in [6, 6.07) is 18.1. The second-order valence-corrected chi connectivity index (χ2v) is 8.68. The molecule has 0 N–H and O–H groups in total. The number of carbonyl (C=O) groups is 1. The van der Waals surface area contributed by atoms with Gasteiger partial charge in [-0.05, 0) is 66.4 Å². The predicted octanol–water partition coefficient (Wildman–Crippen LogP) is 6.37. The van der Waals surface area contributed by atoms with Gasteiger partial charge in [0.05, 0.1) is 6.42 Å². The first-order valence-electron chi connectivity index (χ1n) is 9.34. The van der Waals surface area contributed by atoms with E-state index in [4.69, 9.17) is 9.47 Å². The predicted molar refractivity (Wildman–Crippen MR) is 117 cm³/mol. The molecule has 3 aromatic carbocycles. The number of carbonyl (C=O) groups excluding carboxylic acids is 1. The fourth-order valence-electron chi connectivity index (χ4n) is 3.14. The first-order chi connectivity index (χ1) is 13.2. The van der Waals surface area contributed by atoms with Crippen molar-refractivity contribution >= 4 is 32.7 Å². The lowest BCUT2D eigenvalue weighted by atomic mass is 10.00. The van der Waals surface area contributed by atoms with E-state index in [2.05, 4.69) is 28.9 Å². The van der Waals surface area contributed by atoms with E-state index in [0.717, 1.165) is 37.7 Å². The van der Waals surface area contributed by atoms with Crippen LogP contribution in [0.25, 0.3) is 10.8 Å². The Kier molecular flexibility index (Phi) is 6.09. The van der Waals surface area contributed by atoms with Gasteiger partial charge in [0.1, 0.15) is 18.0 Å². The van der Waals surface area contributed by atoms with E-state index in [-0.39, 0.29) is 12.4 Å². The number of esters is 1. The molecule has 0 aliphatic heterocycles. The van der Waals surface area contributed by atoms with Crippen LogP contribution in [0.15, 0.2) is 59.1 Å². The minimum Gasteiger partial charge on any atom is -0.488 e. The number of fused-ring (bicyclic) bond motifs is 1. The Morgan fingerprint density at radius 1 is 1.04 bits per heavy atom. The van der Waals surface area contributed by atoms with Gasteiger partial charge in [-0.1, -0.05) is 48.5 Å². The van der Waals surface area contributed by atoms with E-state index in [1.54, 1.807) is 0 Å². The molecule has 0 unspecified atom stereocenters. The minimum atomic E-state index is -0.511. The Bertz CT molecular complexity index is 988. The molecule has 0 aliphatic rings. The van der Waals surface area contributed by atoms with Crippen molar-refractivity contribution in [1.29, 1.82) is 0 Å². The summed E-state index contributed by atoms with van der Waals surface area (Å²) in [5.41, 5.74) is 2.57. The van der Waals surface area contributed by atoms with Crippen LogP contribution in [0.4, 0.5) is 0 Å². The van der Waals surface area contributed by atoms with Crippen LogP contribution in [0, 0.1) is 6.92 Å². The highest BCUT2D eigenvalue weighted by Gasteiger charge is 2.20. The van der Waals surface area contributed by atoms with E-state index >= 15 is 0 Å². The zero-order valence-electron chi connectivity index (χ0n) is 16.7. The maximum absolute atomic E-state index is 12.4. The molecular weight excluding hydrogens is 416 g/mol. The molecule has 3 aromatic rings. The summed E-state index contributed by atoms with van der Waals surface area (Å²) < 4.78 is 12.6. The van der Waals surface area contributed by atoms with E-state index < -0.39 is 5.60 Å². The number of aryl methyl sites for hydroxylation is 1. The molecule has 28 heavy (non-hydrogen) atoms. The zero-order valence-corrected chi connectivity index (χ0v) is 18.3. The minimum absolute atomic E-state index is 0.184. The van der Waals surface area contributed by atoms with Gasteiger partial charge in [0, 0.05) is 15.2 Å². The SMILES string of the molecule is Cc1cccc2c(OCc3ccccc3)cc(CC(=O)OC(C)(C)C)c(Br)c12. The summed E-state index contributed by atoms with van der Waals surface area (Å²) in [4.78, 5) is 12.4. The molecule has 146 valence electrons. The fraction of sp³-hybridized carbons (Fsp3) is 0.292. The highest BCUT2D eigenvalue weighted by Crippen LogP contribution is 2.37. The Balaban J connectivity index is 1.98. The van der Waals surface area contributed by atoms with Gasteiger partial charge < -0.3 is 9.47 Å². The van der Waals surface area contributed by atoms with Crippen LogP contribution >= 0.6 is 15.9 Å². The number of hydrogen-bond acceptors (Lipinski definition) is 3. The standard InChI is InChI=1S/C24H25BrO3/c1-16-9-8-12-19-20(27-15-17-10-6-5-7-11-17)13-18(23(25)22(16)19)14-21(26)28-24(2,3)4/h5-13H,14-15H2,1-4H3. The molecule has 0 amide bonds. The van der Waals surface area contributed by atoms with Gasteiger partial charge >= 0.3 is 5.97 Å². The summed E-state index contributed by atoms with van der Waals surface area (Å²) in [6.07, 6.45) is 0.184. The third kappa shape index (κ3) is 4.93. The van der Waals surface area contributed by atoms with Crippen molar-refractivity contribution in [3.05, 3.63) is 75.8 Å². The van der Waals surface area contributed by atoms with Gasteiger partial charge in [-0.3, -0.25) is 4.79 Å². The Hall–Kier alpha value is -2.33. The summed E-state index contributed by atoms with van der Waals surface area (Å²) in [5, 5.41) is 2.09. The Labute approximate surface area is 174 Å². The van der Waals surface area contributed by atoms with Crippen LogP contribution in [-0.2, 0) is 22.6 Å². The lowest BCUT2D eigenvalue weighted by molar-refractivity contribution is -0.153. The maximum Gasteiger partial charge on any atom is 0.310 e. The van der Waals surface area contributed by atoms with Gasteiger partial charge in [0.2, 0.25) is 0 Å². The molecular formula is C24H25BrO3. The number of halogens is 1. The normalized spacial score (nSPS) is 11.5. The maximum atomic E-state index is 12.4. The van der Waals surface area contributed by atoms with Crippen molar-refractivity contribution in [2.24, 2.45) is 0 Å². The second-order valence-electron chi connectivity index (χ2n) is 7.88. The van der Waals surface area contributed by atoms with Gasteiger partial charge in [-0.2, -0.15) is 0 Å². The smallest absolute Gasteiger partial charge is 0.310 e. The quantitative estimate of drug-likeness (QED) is 0.432. The summed E-state index contributed by atoms with van der Waals surface area (Å²) in [6.45, 7) is 8.15. The third-order valence-corrected chi connectivity index (χ3v) is 5.24. The highest BCUT2D eigenvalue weighted by molar-refractivity contribution is 9.10. The van der Waals surface area contributed by atoms with Crippen LogP contribution in [0.3, 0.4) is 0 Å². The lowest BCUT2D eigenvalue weighted by Gasteiger charge is -2.20. The first-order valence-corrected chi connectivity index (χ1v) is 10.1. The van der Waals surface area contributed by atoms with Gasteiger partial charge in [-0.25, -0.2) is 0 Å². The Morgan fingerprint density at radius 2 is 1.75 bits per heavy atom. The summed E-state index contributed by atoms with van der Waals surface area (Å²) in [5.74, 6) is 0.513. The van der Waals surface area contributed by atoms with Crippen molar-refractivity contribution < 1.29 is 14.3 Å². The molecule has 0 heterocycles. The van der Waals surface area contributed by atoms with Crippen molar-refractivity contribution in [2.45, 2.75) is 46.3 Å². The molecule has 0 atom stereocenters. The van der Waals surface area contributed by atoms with Gasteiger partial charge in [0.15, 0.2) is 0 Å². The number of ether oxygens (including phenoxy) is 2. The molecule has 0 fully saturated rings. The molecule has 0 saturated heterocycles. The van der Waals surface area contributed by atoms with Crippen LogP contribution in [-0.4, -0.2) is 11.6 Å². The Morgan fingerprint density at radius 3 is 2.43 bits per heavy atom. The molecule has 0 aliphatic carbocycles. The molecule has 3 rings (SSSR count). The number of hydrogen-bond donors (Lipinski definition) is 0. The lowest BCUT2D eigenvalue weighted by Crippen LogP contribution is -2.25. The monoisotopic (exact) mass is 440 g/mol. The highest BCUT2D eigenvalue weighted by atomic mass is 79.9. The molecule has 3 nitrogen and oxygen atoms in total. The third-order valence-electron chi connectivity index (χ3n) is 4.34. The zero-order chi connectivity index (χ0) is 20.3. The summed E-state index contributed by atoms with van der Waals surface area (Å²) >= 11 is 3.71. The molecule has 0 bridgehead atoms. The average Bonchev–Trinajstić information content (AvgIpc) is 2.62. The largest absolute Gasteiger partial charge is 0.488 e. The van der Waals surface area contributed by atoms with Crippen LogP contribution in [0.1, 0.15) is 37.5 Å². The molecule has 4 heteroatoms. The molecule has 0 saturated carbocycles. The summed E-state index contributed by atoms with van der Waals surface area (Å²) in [7, 11) is 0. The van der Waals surface area contributed by atoms with Gasteiger partial charge in [-0.15, -0.1) is 0 Å². The van der Waals surface area contributed by atoms with Crippen molar-refractivity contribution in [3.8, 4) is 5.75 Å². The topological polar surface area (TPSA) is 35.5 Å². The second kappa shape index (κ2) is 8.36. The van der Waals surface area contributed by atoms with E-state index in [1.807, 2.05) is 69.3 Å². The molecule has 0 radical (unpaired) electrons. The fourth-order valence-corrected chi connectivity index (χ4v) is 3.92. The van der Waals surface area contributed by atoms with Crippen molar-refractivity contribution in [1.82, 2.24) is 0 Å². The van der Waals surface area contributed by atoms with Crippen LogP contribution in [0.5, 0.6) is 5.75 Å². The van der Waals surface area contributed by atoms with Gasteiger partial charge in [0.25, 0.3) is 0 Å². The number of rotatable bonds is 5. The van der Waals surface area contributed by atoms with E-state index in [9.17, 15) is 4.79 Å². The molecule has 0 spiro atoms. The van der Waals surface area contributed by atoms with Crippen LogP contribution < -0.4 is 4.74 Å². The van der Waals surface area contributed by atoms with E-state index in [1.165, 1.54) is 0 Å². The van der Waals surface area contributed by atoms with Crippen molar-refractivity contribution in [2.75, 3.05) is 0 Å². The van der Waals surface area contributed by atoms with Crippen molar-refractivity contribution in [3.63, 3.8) is 0 Å². The van der Waals surface area contributed by atoms with E-state index in [0.29, 0.717) is 6.61 Å². The average molecular weight is 441 g/mol. The molecule has 0 aromatic heterocycles. The number of benzene rings is 3.